The molecule has 0 aromatic carbocycles. The topological polar surface area (TPSA) is 88.9 Å². The zero-order chi connectivity index (χ0) is 20.3. The van der Waals surface area contributed by atoms with E-state index in [1.54, 1.807) is 24.4 Å². The third-order valence-corrected chi connectivity index (χ3v) is 4.46. The average Bonchev–Trinajstić information content (AvgIpc) is 3.04. The highest BCUT2D eigenvalue weighted by Gasteiger charge is 2.33. The molecule has 3 rings (SSSR count). The molecule has 1 aliphatic rings. The number of amides is 1. The van der Waals surface area contributed by atoms with E-state index in [1.807, 2.05) is 26.0 Å². The Morgan fingerprint density at radius 1 is 1.39 bits per heavy atom. The molecule has 0 aliphatic carbocycles. The lowest BCUT2D eigenvalue weighted by atomic mass is 10.1. The van der Waals surface area contributed by atoms with Crippen LogP contribution in [0.25, 0.3) is 11.3 Å². The van der Waals surface area contributed by atoms with Gasteiger partial charge in [0.15, 0.2) is 11.6 Å². The quantitative estimate of drug-likeness (QED) is 0.742. The van der Waals surface area contributed by atoms with Gasteiger partial charge in [0.25, 0.3) is 11.8 Å². The van der Waals surface area contributed by atoms with Crippen LogP contribution in [0.2, 0.25) is 0 Å². The van der Waals surface area contributed by atoms with Crippen molar-refractivity contribution in [3.8, 4) is 22.9 Å². The molecule has 0 saturated heterocycles. The minimum absolute atomic E-state index is 0.131. The molecule has 0 spiro atoms. The summed E-state index contributed by atoms with van der Waals surface area (Å²) >= 11 is 0. The van der Waals surface area contributed by atoms with Crippen LogP contribution in [0.15, 0.2) is 35.3 Å². The summed E-state index contributed by atoms with van der Waals surface area (Å²) in [5, 5.41) is 3.05. The monoisotopic (exact) mass is 381 g/mol. The number of ether oxygens (including phenoxy) is 2. The van der Waals surface area contributed by atoms with Crippen molar-refractivity contribution in [2.24, 2.45) is 4.99 Å². The number of aryl methyl sites for hydroxylation is 1. The highest BCUT2D eigenvalue weighted by atomic mass is 16.5. The molecule has 3 heterocycles. The normalized spacial score (nSPS) is 13.4. The summed E-state index contributed by atoms with van der Waals surface area (Å²) < 4.78 is 10.5. The zero-order valence-electron chi connectivity index (χ0n) is 16.4. The summed E-state index contributed by atoms with van der Waals surface area (Å²) in [6.07, 6.45) is 3.36. The first kappa shape index (κ1) is 19.3. The number of pyridine rings is 2. The molecule has 1 N–H and O–H groups in total. The van der Waals surface area contributed by atoms with Crippen molar-refractivity contribution in [2.45, 2.75) is 20.4 Å². The van der Waals surface area contributed by atoms with Crippen molar-refractivity contribution in [3.05, 3.63) is 47.2 Å². The van der Waals surface area contributed by atoms with Gasteiger partial charge in [-0.1, -0.05) is 0 Å². The highest BCUT2D eigenvalue weighted by molar-refractivity contribution is 6.00. The number of rotatable bonds is 7. The van der Waals surface area contributed by atoms with Crippen molar-refractivity contribution in [1.82, 2.24) is 20.2 Å². The highest BCUT2D eigenvalue weighted by Crippen LogP contribution is 2.33. The van der Waals surface area contributed by atoms with Crippen molar-refractivity contribution < 1.29 is 14.3 Å². The second-order valence-corrected chi connectivity index (χ2v) is 6.19. The van der Waals surface area contributed by atoms with Gasteiger partial charge in [-0.25, -0.2) is 9.98 Å². The summed E-state index contributed by atoms with van der Waals surface area (Å²) in [4.78, 5) is 27.4. The zero-order valence-corrected chi connectivity index (χ0v) is 16.4. The number of fused-ring (bicyclic) bond motifs is 1. The predicted molar refractivity (Wildman–Crippen MR) is 106 cm³/mol. The maximum absolute atomic E-state index is 12.9. The molecule has 0 bridgehead atoms. The maximum Gasteiger partial charge on any atom is 0.262 e. The van der Waals surface area contributed by atoms with Gasteiger partial charge in [0.05, 0.1) is 37.7 Å². The van der Waals surface area contributed by atoms with Gasteiger partial charge in [0.2, 0.25) is 0 Å². The largest absolute Gasteiger partial charge is 0.491 e. The number of nitrogens with one attached hydrogen (secondary N) is 1. The third kappa shape index (κ3) is 3.40. The Balaban J connectivity index is 2.00. The molecule has 8 nitrogen and oxygen atoms in total. The van der Waals surface area contributed by atoms with E-state index in [-0.39, 0.29) is 5.91 Å². The number of aromatic nitrogens is 2. The van der Waals surface area contributed by atoms with E-state index in [4.69, 9.17) is 14.5 Å². The molecule has 28 heavy (non-hydrogen) atoms. The van der Waals surface area contributed by atoms with Gasteiger partial charge < -0.3 is 14.8 Å². The van der Waals surface area contributed by atoms with Crippen LogP contribution in [-0.4, -0.2) is 48.3 Å². The van der Waals surface area contributed by atoms with E-state index in [0.29, 0.717) is 40.9 Å². The fourth-order valence-corrected chi connectivity index (χ4v) is 3.11. The van der Waals surface area contributed by atoms with Crippen molar-refractivity contribution in [3.63, 3.8) is 0 Å². The Labute approximate surface area is 163 Å². The van der Waals surface area contributed by atoms with Gasteiger partial charge >= 0.3 is 0 Å². The molecule has 0 atom stereocenters. The molecule has 1 amide bonds. The van der Waals surface area contributed by atoms with Crippen molar-refractivity contribution in [1.29, 1.82) is 0 Å². The molecular formula is C20H23N5O3. The molecule has 0 radical (unpaired) electrons. The van der Waals surface area contributed by atoms with Crippen LogP contribution in [0.3, 0.4) is 0 Å². The molecule has 8 heteroatoms. The Kier molecular flexibility index (Phi) is 5.58. The SMILES string of the molecule is C=N/C(=C\NCC)N1Cc2nc(-c3cnc(OC)c(OC)c3)cc(C)c2C1=O. The van der Waals surface area contributed by atoms with E-state index in [2.05, 4.69) is 22.0 Å². The predicted octanol–water partition coefficient (Wildman–Crippen LogP) is 2.53. The number of nitrogens with zero attached hydrogens (tertiary/aromatic N) is 4. The summed E-state index contributed by atoms with van der Waals surface area (Å²) in [6, 6.07) is 3.69. The Morgan fingerprint density at radius 3 is 2.82 bits per heavy atom. The fourth-order valence-electron chi connectivity index (χ4n) is 3.11. The number of methoxy groups -OCH3 is 2. The second kappa shape index (κ2) is 8.08. The van der Waals surface area contributed by atoms with Crippen LogP contribution in [0.4, 0.5) is 0 Å². The van der Waals surface area contributed by atoms with E-state index < -0.39 is 0 Å². The molecular weight excluding hydrogens is 358 g/mol. The van der Waals surface area contributed by atoms with Crippen LogP contribution < -0.4 is 14.8 Å². The number of hydrogen-bond acceptors (Lipinski definition) is 7. The van der Waals surface area contributed by atoms with Gasteiger partial charge in [-0.05, 0) is 38.3 Å². The first-order valence-electron chi connectivity index (χ1n) is 8.85. The lowest BCUT2D eigenvalue weighted by Gasteiger charge is -2.15. The first-order chi connectivity index (χ1) is 13.5. The summed E-state index contributed by atoms with van der Waals surface area (Å²) in [5.41, 5.74) is 3.63. The third-order valence-electron chi connectivity index (χ3n) is 4.46. The van der Waals surface area contributed by atoms with Gasteiger partial charge in [0.1, 0.15) is 0 Å². The lowest BCUT2D eigenvalue weighted by molar-refractivity contribution is 0.0823. The molecule has 0 fully saturated rings. The number of hydrogen-bond donors (Lipinski definition) is 1. The molecule has 0 saturated carbocycles. The van der Waals surface area contributed by atoms with Crippen LogP contribution >= 0.6 is 0 Å². The van der Waals surface area contributed by atoms with Crippen LogP contribution in [0.5, 0.6) is 11.6 Å². The molecule has 2 aromatic heterocycles. The summed E-state index contributed by atoms with van der Waals surface area (Å²) in [6.45, 7) is 8.49. The summed E-state index contributed by atoms with van der Waals surface area (Å²) in [7, 11) is 3.09. The van der Waals surface area contributed by atoms with Gasteiger partial charge in [-0.3, -0.25) is 14.7 Å². The number of carbonyl (C=O) groups is 1. The number of carbonyl (C=O) groups excluding carboxylic acids is 1. The van der Waals surface area contributed by atoms with Crippen LogP contribution in [-0.2, 0) is 6.54 Å². The van der Waals surface area contributed by atoms with E-state index in [9.17, 15) is 4.79 Å². The van der Waals surface area contributed by atoms with Gasteiger partial charge in [0, 0.05) is 24.5 Å². The molecule has 2 aromatic rings. The minimum atomic E-state index is -0.131. The Hall–Kier alpha value is -3.42. The van der Waals surface area contributed by atoms with Crippen LogP contribution in [0, 0.1) is 6.92 Å². The van der Waals surface area contributed by atoms with Crippen molar-refractivity contribution >= 4 is 12.6 Å². The van der Waals surface area contributed by atoms with E-state index >= 15 is 0 Å². The van der Waals surface area contributed by atoms with E-state index in [0.717, 1.165) is 17.7 Å². The number of aliphatic imine (C=N–C) groups is 1. The average molecular weight is 381 g/mol. The minimum Gasteiger partial charge on any atom is -0.491 e. The molecule has 1 aliphatic heterocycles. The fraction of sp³-hybridized carbons (Fsp3) is 0.300. The molecule has 0 unspecified atom stereocenters. The van der Waals surface area contributed by atoms with Crippen LogP contribution in [0.1, 0.15) is 28.5 Å². The first-order valence-corrected chi connectivity index (χ1v) is 8.85. The Bertz CT molecular complexity index is 955. The maximum atomic E-state index is 12.9. The standard InChI is InChI=1S/C20H23N5O3/c1-6-22-10-17(21-3)25-11-15-18(20(25)26)12(2)7-14(24-15)13-8-16(27-4)19(28-5)23-9-13/h7-10,22H,3,6,11H2,1-2,4-5H3/b17-10+. The van der Waals surface area contributed by atoms with E-state index in [1.165, 1.54) is 7.11 Å². The van der Waals surface area contributed by atoms with Gasteiger partial charge in [-0.2, -0.15) is 0 Å². The summed E-state index contributed by atoms with van der Waals surface area (Å²) in [5.74, 6) is 1.26. The Morgan fingerprint density at radius 2 is 2.18 bits per heavy atom. The molecule has 146 valence electrons. The lowest BCUT2D eigenvalue weighted by Crippen LogP contribution is -2.24. The second-order valence-electron chi connectivity index (χ2n) is 6.19. The smallest absolute Gasteiger partial charge is 0.262 e. The van der Waals surface area contributed by atoms with Crippen molar-refractivity contribution in [2.75, 3.05) is 20.8 Å². The van der Waals surface area contributed by atoms with Gasteiger partial charge in [-0.15, -0.1) is 0 Å².